The molecule has 0 fully saturated rings. The van der Waals surface area contributed by atoms with E-state index in [4.69, 9.17) is 0 Å². The number of aromatic carboxylic acids is 1. The van der Waals surface area contributed by atoms with Gasteiger partial charge in [-0.2, -0.15) is 0 Å². The number of carbonyl (C=O) groups is 2. The van der Waals surface area contributed by atoms with Crippen molar-refractivity contribution in [2.45, 2.75) is 0 Å². The molecule has 4 rings (SSSR count). The number of carboxylic acids is 1. The molecular weight excluding hydrogens is 382 g/mol. The molecule has 1 amide bonds. The Kier molecular flexibility index (Phi) is 5.00. The molecule has 3 N–H and O–H groups in total. The number of phenols is 1. The minimum atomic E-state index is -1.15. The number of nitrogens with zero attached hydrogens (tertiary/aromatic N) is 2. The summed E-state index contributed by atoms with van der Waals surface area (Å²) in [5.74, 6) is -1.49. The molecule has 7 heteroatoms. The maximum absolute atomic E-state index is 12.8. The van der Waals surface area contributed by atoms with Gasteiger partial charge in [-0.1, -0.05) is 18.2 Å². The zero-order valence-corrected chi connectivity index (χ0v) is 15.7. The number of aromatic hydroxyl groups is 1. The fourth-order valence-corrected chi connectivity index (χ4v) is 3.06. The predicted molar refractivity (Wildman–Crippen MR) is 112 cm³/mol. The molecule has 0 atom stereocenters. The number of carbonyl (C=O) groups excluding carboxylic acids is 1. The van der Waals surface area contributed by atoms with Gasteiger partial charge in [0.2, 0.25) is 0 Å². The van der Waals surface area contributed by atoms with Crippen LogP contribution < -0.4 is 5.32 Å². The number of rotatable bonds is 5. The van der Waals surface area contributed by atoms with E-state index in [0.29, 0.717) is 16.8 Å². The van der Waals surface area contributed by atoms with E-state index in [0.717, 1.165) is 5.56 Å². The molecule has 0 unspecified atom stereocenters. The van der Waals surface area contributed by atoms with Gasteiger partial charge in [-0.15, -0.1) is 0 Å². The minimum absolute atomic E-state index is 0.0274. The van der Waals surface area contributed by atoms with E-state index in [2.05, 4.69) is 10.3 Å². The Bertz CT molecular complexity index is 1220. The molecule has 0 aliphatic heterocycles. The highest BCUT2D eigenvalue weighted by molar-refractivity contribution is 6.08. The maximum Gasteiger partial charge on any atom is 0.337 e. The summed E-state index contributed by atoms with van der Waals surface area (Å²) in [6.07, 6.45) is 6.72. The van der Waals surface area contributed by atoms with Crippen LogP contribution in [0, 0.1) is 0 Å². The Morgan fingerprint density at radius 3 is 2.30 bits per heavy atom. The first-order chi connectivity index (χ1) is 14.5. The zero-order chi connectivity index (χ0) is 21.1. The second kappa shape index (κ2) is 7.92. The SMILES string of the molecule is O=C(Nc1cc(-c2ccc(O)cc2)ccc1C(=O)O)c1cncc(-n2cccc2)c1. The summed E-state index contributed by atoms with van der Waals surface area (Å²) in [5, 5.41) is 21.7. The summed E-state index contributed by atoms with van der Waals surface area (Å²) in [6.45, 7) is 0. The van der Waals surface area contributed by atoms with Crippen molar-refractivity contribution in [1.82, 2.24) is 9.55 Å². The number of nitrogens with one attached hydrogen (secondary N) is 1. The summed E-state index contributed by atoms with van der Waals surface area (Å²) in [7, 11) is 0. The maximum atomic E-state index is 12.8. The van der Waals surface area contributed by atoms with E-state index >= 15 is 0 Å². The lowest BCUT2D eigenvalue weighted by atomic mass is 10.0. The number of hydrogen-bond acceptors (Lipinski definition) is 4. The molecule has 0 aliphatic carbocycles. The molecule has 0 bridgehead atoms. The fourth-order valence-electron chi connectivity index (χ4n) is 3.06. The van der Waals surface area contributed by atoms with Crippen LogP contribution >= 0.6 is 0 Å². The monoisotopic (exact) mass is 399 g/mol. The molecule has 0 aliphatic rings. The van der Waals surface area contributed by atoms with E-state index in [1.807, 2.05) is 29.1 Å². The molecule has 0 spiro atoms. The van der Waals surface area contributed by atoms with Crippen LogP contribution in [0.25, 0.3) is 16.8 Å². The van der Waals surface area contributed by atoms with Gasteiger partial charge in [0.1, 0.15) is 5.75 Å². The second-order valence-electron chi connectivity index (χ2n) is 6.59. The first-order valence-corrected chi connectivity index (χ1v) is 9.08. The van der Waals surface area contributed by atoms with Crippen LogP contribution in [0.15, 0.2) is 85.5 Å². The van der Waals surface area contributed by atoms with Crippen LogP contribution in [0.1, 0.15) is 20.7 Å². The highest BCUT2D eigenvalue weighted by Crippen LogP contribution is 2.27. The Morgan fingerprint density at radius 2 is 1.60 bits per heavy atom. The van der Waals surface area contributed by atoms with Crippen molar-refractivity contribution in [3.8, 4) is 22.6 Å². The van der Waals surface area contributed by atoms with Gasteiger partial charge in [-0.3, -0.25) is 9.78 Å². The van der Waals surface area contributed by atoms with Crippen molar-refractivity contribution in [2.24, 2.45) is 0 Å². The molecular formula is C23H17N3O4. The van der Waals surface area contributed by atoms with Crippen LogP contribution in [0.5, 0.6) is 5.75 Å². The first kappa shape index (κ1) is 18.9. The molecule has 2 aromatic carbocycles. The summed E-state index contributed by atoms with van der Waals surface area (Å²) >= 11 is 0. The third kappa shape index (κ3) is 3.90. The van der Waals surface area contributed by atoms with Gasteiger partial charge in [-0.25, -0.2) is 4.79 Å². The molecule has 148 valence electrons. The summed E-state index contributed by atoms with van der Waals surface area (Å²) in [5.41, 5.74) is 2.63. The summed E-state index contributed by atoms with van der Waals surface area (Å²) in [6, 6.07) is 16.6. The standard InChI is InChI=1S/C23H17N3O4/c27-19-6-3-15(4-7-19)16-5-8-20(23(29)30)21(12-16)25-22(28)17-11-18(14-24-13-17)26-9-1-2-10-26/h1-14,27H,(H,25,28)(H,29,30). The lowest BCUT2D eigenvalue weighted by molar-refractivity contribution is 0.0698. The summed E-state index contributed by atoms with van der Waals surface area (Å²) < 4.78 is 1.82. The van der Waals surface area contributed by atoms with Crippen molar-refractivity contribution in [2.75, 3.05) is 5.32 Å². The quantitative estimate of drug-likeness (QED) is 0.467. The molecule has 0 saturated heterocycles. The van der Waals surface area contributed by atoms with Crippen molar-refractivity contribution in [3.05, 3.63) is 96.6 Å². The average molecular weight is 399 g/mol. The molecule has 0 saturated carbocycles. The normalized spacial score (nSPS) is 10.5. The highest BCUT2D eigenvalue weighted by Gasteiger charge is 2.16. The molecule has 7 nitrogen and oxygen atoms in total. The Balaban J connectivity index is 1.67. The van der Waals surface area contributed by atoms with Crippen LogP contribution in [0.4, 0.5) is 5.69 Å². The first-order valence-electron chi connectivity index (χ1n) is 9.08. The van der Waals surface area contributed by atoms with Crippen molar-refractivity contribution in [1.29, 1.82) is 0 Å². The van der Waals surface area contributed by atoms with Crippen molar-refractivity contribution in [3.63, 3.8) is 0 Å². The lowest BCUT2D eigenvalue weighted by Gasteiger charge is -2.12. The highest BCUT2D eigenvalue weighted by atomic mass is 16.4. The minimum Gasteiger partial charge on any atom is -0.508 e. The zero-order valence-electron chi connectivity index (χ0n) is 15.7. The Labute approximate surface area is 171 Å². The van der Waals surface area contributed by atoms with Gasteiger partial charge >= 0.3 is 5.97 Å². The number of phenolic OH excluding ortho intramolecular Hbond substituents is 1. The number of carboxylic acid groups (broad SMARTS) is 1. The van der Waals surface area contributed by atoms with E-state index in [-0.39, 0.29) is 17.0 Å². The van der Waals surface area contributed by atoms with Gasteiger partial charge in [0, 0.05) is 18.6 Å². The van der Waals surface area contributed by atoms with E-state index in [1.54, 1.807) is 36.5 Å². The molecule has 2 aromatic heterocycles. The largest absolute Gasteiger partial charge is 0.508 e. The average Bonchev–Trinajstić information content (AvgIpc) is 3.29. The van der Waals surface area contributed by atoms with Gasteiger partial charge in [0.15, 0.2) is 0 Å². The number of amides is 1. The van der Waals surface area contributed by atoms with Crippen molar-refractivity contribution >= 4 is 17.6 Å². The molecule has 30 heavy (non-hydrogen) atoms. The van der Waals surface area contributed by atoms with Crippen LogP contribution in [-0.2, 0) is 0 Å². The second-order valence-corrected chi connectivity index (χ2v) is 6.59. The number of aromatic nitrogens is 2. The van der Waals surface area contributed by atoms with Gasteiger partial charge in [0.05, 0.1) is 28.7 Å². The number of hydrogen-bond donors (Lipinski definition) is 3. The van der Waals surface area contributed by atoms with Crippen LogP contribution in [0.2, 0.25) is 0 Å². The van der Waals surface area contributed by atoms with Gasteiger partial charge < -0.3 is 20.1 Å². The van der Waals surface area contributed by atoms with Gasteiger partial charge in [0.25, 0.3) is 5.91 Å². The number of benzene rings is 2. The molecule has 0 radical (unpaired) electrons. The summed E-state index contributed by atoms with van der Waals surface area (Å²) in [4.78, 5) is 28.6. The topological polar surface area (TPSA) is 104 Å². The molecule has 2 heterocycles. The third-order valence-corrected chi connectivity index (χ3v) is 4.59. The van der Waals surface area contributed by atoms with Crippen LogP contribution in [0.3, 0.4) is 0 Å². The van der Waals surface area contributed by atoms with Crippen LogP contribution in [-0.4, -0.2) is 31.6 Å². The third-order valence-electron chi connectivity index (χ3n) is 4.59. The number of anilines is 1. The van der Waals surface area contributed by atoms with E-state index < -0.39 is 11.9 Å². The number of pyridine rings is 1. The van der Waals surface area contributed by atoms with E-state index in [1.165, 1.54) is 24.4 Å². The fraction of sp³-hybridized carbons (Fsp3) is 0. The van der Waals surface area contributed by atoms with Gasteiger partial charge in [-0.05, 0) is 53.6 Å². The predicted octanol–water partition coefficient (Wildman–Crippen LogP) is 4.20. The Morgan fingerprint density at radius 1 is 0.900 bits per heavy atom. The Hall–Kier alpha value is -4.39. The lowest BCUT2D eigenvalue weighted by Crippen LogP contribution is -2.15. The molecule has 4 aromatic rings. The smallest absolute Gasteiger partial charge is 0.337 e. The van der Waals surface area contributed by atoms with Crippen molar-refractivity contribution < 1.29 is 19.8 Å². The van der Waals surface area contributed by atoms with E-state index in [9.17, 15) is 19.8 Å².